The normalized spacial score (nSPS) is 19.4. The third-order valence-corrected chi connectivity index (χ3v) is 3.02. The summed E-state index contributed by atoms with van der Waals surface area (Å²) in [6, 6.07) is 0.257. The molecule has 0 spiro atoms. The predicted octanol–water partition coefficient (Wildman–Crippen LogP) is 0.0971. The zero-order chi connectivity index (χ0) is 10.6. The first kappa shape index (κ1) is 11.5. The minimum absolute atomic E-state index is 0.0975. The van der Waals surface area contributed by atoms with Crippen LogP contribution < -0.4 is 5.73 Å². The van der Waals surface area contributed by atoms with E-state index >= 15 is 0 Å². The fourth-order valence-corrected chi connectivity index (χ4v) is 2.03. The first-order valence-electron chi connectivity index (χ1n) is 5.36. The van der Waals surface area contributed by atoms with E-state index in [2.05, 4.69) is 4.90 Å². The molecule has 1 fully saturated rings. The Balaban J connectivity index is 2.57. The minimum atomic E-state index is -0.271. The van der Waals surface area contributed by atoms with E-state index in [-0.39, 0.29) is 18.6 Å². The maximum atomic E-state index is 11.2. The van der Waals surface area contributed by atoms with Crippen LogP contribution in [0.25, 0.3) is 0 Å². The van der Waals surface area contributed by atoms with Gasteiger partial charge in [-0.25, -0.2) is 0 Å². The Morgan fingerprint density at radius 3 is 2.57 bits per heavy atom. The second-order valence-electron chi connectivity index (χ2n) is 3.87. The average molecular weight is 200 g/mol. The minimum Gasteiger partial charge on any atom is -0.395 e. The maximum absolute atomic E-state index is 11.2. The molecule has 0 aliphatic heterocycles. The summed E-state index contributed by atoms with van der Waals surface area (Å²) < 4.78 is 0. The van der Waals surface area contributed by atoms with Gasteiger partial charge >= 0.3 is 0 Å². The van der Waals surface area contributed by atoms with Crippen molar-refractivity contribution in [3.05, 3.63) is 0 Å². The number of aliphatic hydroxyl groups excluding tert-OH is 1. The number of carbonyl (C=O) groups excluding carboxylic acids is 1. The SMILES string of the molecule is CCC(C(N)=O)N(CCO)C1CCC1. The van der Waals surface area contributed by atoms with Crippen LogP contribution in [0.1, 0.15) is 32.6 Å². The molecule has 4 heteroatoms. The van der Waals surface area contributed by atoms with Crippen molar-refractivity contribution < 1.29 is 9.90 Å². The zero-order valence-electron chi connectivity index (χ0n) is 8.78. The molecule has 82 valence electrons. The van der Waals surface area contributed by atoms with Crippen LogP contribution in [0.5, 0.6) is 0 Å². The smallest absolute Gasteiger partial charge is 0.234 e. The second kappa shape index (κ2) is 5.32. The highest BCUT2D eigenvalue weighted by Gasteiger charge is 2.31. The molecule has 1 aliphatic rings. The Morgan fingerprint density at radius 1 is 1.64 bits per heavy atom. The number of carbonyl (C=O) groups is 1. The highest BCUT2D eigenvalue weighted by Crippen LogP contribution is 2.26. The molecule has 4 nitrogen and oxygen atoms in total. The Hall–Kier alpha value is -0.610. The molecule has 1 amide bonds. The van der Waals surface area contributed by atoms with Crippen LogP contribution >= 0.6 is 0 Å². The number of rotatable bonds is 6. The maximum Gasteiger partial charge on any atom is 0.234 e. The van der Waals surface area contributed by atoms with Crippen molar-refractivity contribution in [3.63, 3.8) is 0 Å². The standard InChI is InChI=1S/C10H20N2O2/c1-2-9(10(11)14)12(6-7-13)8-4-3-5-8/h8-9,13H,2-7H2,1H3,(H2,11,14). The van der Waals surface area contributed by atoms with Crippen molar-refractivity contribution in [2.24, 2.45) is 5.73 Å². The topological polar surface area (TPSA) is 66.6 Å². The molecule has 1 atom stereocenters. The van der Waals surface area contributed by atoms with Gasteiger partial charge in [0.2, 0.25) is 5.91 Å². The Bertz CT molecular complexity index is 193. The summed E-state index contributed by atoms with van der Waals surface area (Å²) in [7, 11) is 0. The van der Waals surface area contributed by atoms with Crippen LogP contribution in [-0.4, -0.2) is 41.1 Å². The van der Waals surface area contributed by atoms with E-state index in [1.165, 1.54) is 6.42 Å². The van der Waals surface area contributed by atoms with Gasteiger partial charge in [0.25, 0.3) is 0 Å². The highest BCUT2D eigenvalue weighted by molar-refractivity contribution is 5.79. The van der Waals surface area contributed by atoms with E-state index in [4.69, 9.17) is 10.8 Å². The summed E-state index contributed by atoms with van der Waals surface area (Å²) >= 11 is 0. The molecule has 0 radical (unpaired) electrons. The summed E-state index contributed by atoms with van der Waals surface area (Å²) in [5.41, 5.74) is 5.33. The van der Waals surface area contributed by atoms with Crippen LogP contribution in [0.15, 0.2) is 0 Å². The number of amides is 1. The van der Waals surface area contributed by atoms with Gasteiger partial charge in [-0.05, 0) is 19.3 Å². The van der Waals surface area contributed by atoms with Crippen molar-refractivity contribution in [1.82, 2.24) is 4.90 Å². The second-order valence-corrected chi connectivity index (χ2v) is 3.87. The van der Waals surface area contributed by atoms with Crippen LogP contribution in [-0.2, 0) is 4.79 Å². The van der Waals surface area contributed by atoms with E-state index in [0.717, 1.165) is 19.3 Å². The van der Waals surface area contributed by atoms with Gasteiger partial charge in [0, 0.05) is 12.6 Å². The van der Waals surface area contributed by atoms with Crippen LogP contribution in [0.4, 0.5) is 0 Å². The van der Waals surface area contributed by atoms with Gasteiger partial charge in [-0.2, -0.15) is 0 Å². The molecular weight excluding hydrogens is 180 g/mol. The van der Waals surface area contributed by atoms with Gasteiger partial charge in [0.05, 0.1) is 12.6 Å². The molecule has 1 unspecified atom stereocenters. The highest BCUT2D eigenvalue weighted by atomic mass is 16.3. The van der Waals surface area contributed by atoms with Crippen molar-refractivity contribution in [2.75, 3.05) is 13.2 Å². The van der Waals surface area contributed by atoms with E-state index < -0.39 is 0 Å². The van der Waals surface area contributed by atoms with Crippen LogP contribution in [0.3, 0.4) is 0 Å². The van der Waals surface area contributed by atoms with Gasteiger partial charge in [0.15, 0.2) is 0 Å². The lowest BCUT2D eigenvalue weighted by Crippen LogP contribution is -2.52. The predicted molar refractivity (Wildman–Crippen MR) is 54.7 cm³/mol. The largest absolute Gasteiger partial charge is 0.395 e. The molecule has 1 rings (SSSR count). The van der Waals surface area contributed by atoms with Gasteiger partial charge in [-0.1, -0.05) is 13.3 Å². The lowest BCUT2D eigenvalue weighted by atomic mass is 9.90. The fourth-order valence-electron chi connectivity index (χ4n) is 2.03. The Morgan fingerprint density at radius 2 is 2.29 bits per heavy atom. The molecular formula is C10H20N2O2. The summed E-state index contributed by atoms with van der Waals surface area (Å²) in [6.45, 7) is 2.62. The van der Waals surface area contributed by atoms with Crippen molar-refractivity contribution >= 4 is 5.91 Å². The van der Waals surface area contributed by atoms with E-state index in [9.17, 15) is 4.79 Å². The summed E-state index contributed by atoms with van der Waals surface area (Å²) in [4.78, 5) is 13.3. The first-order valence-corrected chi connectivity index (χ1v) is 5.36. The van der Waals surface area contributed by atoms with Crippen LogP contribution in [0, 0.1) is 0 Å². The fraction of sp³-hybridized carbons (Fsp3) is 0.900. The molecule has 0 aromatic carbocycles. The van der Waals surface area contributed by atoms with Gasteiger partial charge < -0.3 is 10.8 Å². The van der Waals surface area contributed by atoms with Crippen molar-refractivity contribution in [1.29, 1.82) is 0 Å². The summed E-state index contributed by atoms with van der Waals surface area (Å²) in [5, 5.41) is 8.94. The average Bonchev–Trinajstić information content (AvgIpc) is 2.01. The summed E-state index contributed by atoms with van der Waals surface area (Å²) in [5.74, 6) is -0.271. The van der Waals surface area contributed by atoms with Gasteiger partial charge in [0.1, 0.15) is 0 Å². The van der Waals surface area contributed by atoms with E-state index in [1.807, 2.05) is 6.92 Å². The molecule has 0 bridgehead atoms. The number of hydrogen-bond acceptors (Lipinski definition) is 3. The molecule has 14 heavy (non-hydrogen) atoms. The van der Waals surface area contributed by atoms with Crippen molar-refractivity contribution in [2.45, 2.75) is 44.7 Å². The van der Waals surface area contributed by atoms with Crippen LogP contribution in [0.2, 0.25) is 0 Å². The first-order chi connectivity index (χ1) is 6.70. The number of primary amides is 1. The van der Waals surface area contributed by atoms with Crippen molar-refractivity contribution in [3.8, 4) is 0 Å². The third-order valence-electron chi connectivity index (χ3n) is 3.02. The quantitative estimate of drug-likeness (QED) is 0.639. The molecule has 3 N–H and O–H groups in total. The number of aliphatic hydroxyl groups is 1. The lowest BCUT2D eigenvalue weighted by Gasteiger charge is -2.40. The molecule has 0 aromatic rings. The molecule has 1 aliphatic carbocycles. The van der Waals surface area contributed by atoms with Gasteiger partial charge in [-0.15, -0.1) is 0 Å². The molecule has 0 aromatic heterocycles. The summed E-state index contributed by atoms with van der Waals surface area (Å²) in [6.07, 6.45) is 4.21. The Labute approximate surface area is 85.1 Å². The number of nitrogens with zero attached hydrogens (tertiary/aromatic N) is 1. The molecule has 0 saturated heterocycles. The molecule has 0 heterocycles. The molecule has 1 saturated carbocycles. The lowest BCUT2D eigenvalue weighted by molar-refractivity contribution is -0.125. The number of nitrogens with two attached hydrogens (primary N) is 1. The monoisotopic (exact) mass is 200 g/mol. The third kappa shape index (κ3) is 2.45. The number of hydrogen-bond donors (Lipinski definition) is 2. The zero-order valence-corrected chi connectivity index (χ0v) is 8.78. The van der Waals surface area contributed by atoms with E-state index in [1.54, 1.807) is 0 Å². The Kier molecular flexibility index (Phi) is 4.35. The van der Waals surface area contributed by atoms with Gasteiger partial charge in [-0.3, -0.25) is 9.69 Å². The van der Waals surface area contributed by atoms with E-state index in [0.29, 0.717) is 12.6 Å².